The van der Waals surface area contributed by atoms with Crippen molar-refractivity contribution in [3.05, 3.63) is 69.8 Å². The Bertz CT molecular complexity index is 685. The summed E-state index contributed by atoms with van der Waals surface area (Å²) in [5.74, 6) is -0.511. The van der Waals surface area contributed by atoms with Gasteiger partial charge in [0.1, 0.15) is 5.75 Å². The average Bonchev–Trinajstić information content (AvgIpc) is 2.47. The smallest absolute Gasteiger partial charge is 0.274 e. The largest absolute Gasteiger partial charge is 0.507 e. The summed E-state index contributed by atoms with van der Waals surface area (Å²) in [6, 6.07) is 12.5. The third kappa shape index (κ3) is 3.17. The summed E-state index contributed by atoms with van der Waals surface area (Å²) in [5.41, 5.74) is 0.571. The maximum Gasteiger partial charge on any atom is 0.274 e. The standard InChI is InChI=1S/C15H14N2O4/c1-16(15(19)12-7-3-5-9-14(12)18)10-11-6-2-4-8-13(11)17(20)21/h2-9,18H,10H2,1H3. The number of aromatic hydroxyl groups is 1. The molecule has 0 fully saturated rings. The molecule has 0 aliphatic rings. The minimum absolute atomic E-state index is 0.0329. The lowest BCUT2D eigenvalue weighted by Crippen LogP contribution is -2.26. The molecule has 0 unspecified atom stereocenters. The van der Waals surface area contributed by atoms with E-state index >= 15 is 0 Å². The predicted octanol–water partition coefficient (Wildman–Crippen LogP) is 2.57. The van der Waals surface area contributed by atoms with Crippen molar-refractivity contribution < 1.29 is 14.8 Å². The summed E-state index contributed by atoms with van der Waals surface area (Å²) in [7, 11) is 1.53. The first-order chi connectivity index (χ1) is 10.0. The molecule has 2 rings (SSSR count). The van der Waals surface area contributed by atoms with Gasteiger partial charge in [-0.05, 0) is 12.1 Å². The second-order valence-corrected chi connectivity index (χ2v) is 4.56. The lowest BCUT2D eigenvalue weighted by molar-refractivity contribution is -0.385. The number of hydrogen-bond acceptors (Lipinski definition) is 4. The van der Waals surface area contributed by atoms with E-state index in [1.54, 1.807) is 30.3 Å². The molecule has 0 spiro atoms. The van der Waals surface area contributed by atoms with Crippen LogP contribution in [0.25, 0.3) is 0 Å². The Hall–Kier alpha value is -2.89. The summed E-state index contributed by atoms with van der Waals surface area (Å²) < 4.78 is 0. The minimum Gasteiger partial charge on any atom is -0.507 e. The number of para-hydroxylation sites is 2. The summed E-state index contributed by atoms with van der Waals surface area (Å²) in [6.07, 6.45) is 0. The second kappa shape index (κ2) is 6.04. The number of carbonyl (C=O) groups excluding carboxylic acids is 1. The normalized spacial score (nSPS) is 10.1. The van der Waals surface area contributed by atoms with E-state index in [0.29, 0.717) is 5.56 Å². The molecule has 6 heteroatoms. The highest BCUT2D eigenvalue weighted by atomic mass is 16.6. The number of phenols is 1. The van der Waals surface area contributed by atoms with Crippen molar-refractivity contribution in [3.63, 3.8) is 0 Å². The van der Waals surface area contributed by atoms with Gasteiger partial charge in [0.15, 0.2) is 0 Å². The molecule has 108 valence electrons. The lowest BCUT2D eigenvalue weighted by atomic mass is 10.1. The Labute approximate surface area is 121 Å². The molecule has 0 aliphatic heterocycles. The van der Waals surface area contributed by atoms with E-state index in [-0.39, 0.29) is 23.5 Å². The van der Waals surface area contributed by atoms with Gasteiger partial charge in [0.25, 0.3) is 11.6 Å². The molecule has 2 aromatic carbocycles. The number of amides is 1. The van der Waals surface area contributed by atoms with E-state index in [9.17, 15) is 20.0 Å². The van der Waals surface area contributed by atoms with Crippen LogP contribution in [0.3, 0.4) is 0 Å². The van der Waals surface area contributed by atoms with Crippen molar-refractivity contribution in [2.45, 2.75) is 6.54 Å². The van der Waals surface area contributed by atoms with Crippen LogP contribution in [-0.2, 0) is 6.54 Å². The van der Waals surface area contributed by atoms with Gasteiger partial charge in [0, 0.05) is 18.7 Å². The molecule has 0 saturated heterocycles. The van der Waals surface area contributed by atoms with E-state index in [1.165, 1.54) is 30.1 Å². The molecule has 0 aromatic heterocycles. The maximum absolute atomic E-state index is 12.2. The van der Waals surface area contributed by atoms with E-state index < -0.39 is 10.8 Å². The number of nitro groups is 1. The van der Waals surface area contributed by atoms with E-state index in [1.807, 2.05) is 0 Å². The van der Waals surface area contributed by atoms with Crippen molar-refractivity contribution >= 4 is 11.6 Å². The van der Waals surface area contributed by atoms with Gasteiger partial charge in [-0.25, -0.2) is 0 Å². The fourth-order valence-corrected chi connectivity index (χ4v) is 2.01. The van der Waals surface area contributed by atoms with E-state index in [2.05, 4.69) is 0 Å². The fourth-order valence-electron chi connectivity index (χ4n) is 2.01. The first kappa shape index (κ1) is 14.5. The van der Waals surface area contributed by atoms with Crippen LogP contribution in [0.15, 0.2) is 48.5 Å². The van der Waals surface area contributed by atoms with Crippen LogP contribution < -0.4 is 0 Å². The summed E-state index contributed by atoms with van der Waals surface area (Å²) in [4.78, 5) is 24.1. The van der Waals surface area contributed by atoms with Crippen LogP contribution in [0.4, 0.5) is 5.69 Å². The zero-order valence-electron chi connectivity index (χ0n) is 11.4. The monoisotopic (exact) mass is 286 g/mol. The third-order valence-corrected chi connectivity index (χ3v) is 3.08. The highest BCUT2D eigenvalue weighted by molar-refractivity contribution is 5.96. The summed E-state index contributed by atoms with van der Waals surface area (Å²) in [6.45, 7) is 0.0876. The van der Waals surface area contributed by atoms with Crippen LogP contribution in [0.5, 0.6) is 5.75 Å². The molecular formula is C15H14N2O4. The summed E-state index contributed by atoms with van der Waals surface area (Å²) in [5, 5.41) is 20.6. The Morgan fingerprint density at radius 3 is 2.48 bits per heavy atom. The molecule has 21 heavy (non-hydrogen) atoms. The molecule has 0 saturated carbocycles. The Balaban J connectivity index is 2.23. The number of benzene rings is 2. The van der Waals surface area contributed by atoms with Gasteiger partial charge >= 0.3 is 0 Å². The number of carbonyl (C=O) groups is 1. The Morgan fingerprint density at radius 1 is 1.19 bits per heavy atom. The van der Waals surface area contributed by atoms with E-state index in [0.717, 1.165) is 0 Å². The number of phenolic OH excluding ortho intramolecular Hbond substituents is 1. The van der Waals surface area contributed by atoms with Crippen molar-refractivity contribution in [2.24, 2.45) is 0 Å². The van der Waals surface area contributed by atoms with Gasteiger partial charge in [-0.1, -0.05) is 30.3 Å². The number of hydrogen-bond donors (Lipinski definition) is 1. The predicted molar refractivity (Wildman–Crippen MR) is 77.0 cm³/mol. The zero-order valence-corrected chi connectivity index (χ0v) is 11.4. The number of rotatable bonds is 4. The van der Waals surface area contributed by atoms with Gasteiger partial charge in [0.2, 0.25) is 0 Å². The SMILES string of the molecule is CN(Cc1ccccc1[N+](=O)[O-])C(=O)c1ccccc1O. The van der Waals surface area contributed by atoms with Crippen molar-refractivity contribution in [1.29, 1.82) is 0 Å². The maximum atomic E-state index is 12.2. The Kier molecular flexibility index (Phi) is 4.18. The second-order valence-electron chi connectivity index (χ2n) is 4.56. The highest BCUT2D eigenvalue weighted by Crippen LogP contribution is 2.22. The molecule has 1 amide bonds. The van der Waals surface area contributed by atoms with Gasteiger partial charge in [-0.2, -0.15) is 0 Å². The average molecular weight is 286 g/mol. The van der Waals surface area contributed by atoms with Crippen LogP contribution in [-0.4, -0.2) is 27.9 Å². The van der Waals surface area contributed by atoms with Crippen LogP contribution in [0.1, 0.15) is 15.9 Å². The van der Waals surface area contributed by atoms with Crippen LogP contribution in [0.2, 0.25) is 0 Å². The zero-order chi connectivity index (χ0) is 15.4. The minimum atomic E-state index is -0.479. The molecular weight excluding hydrogens is 272 g/mol. The van der Waals surface area contributed by atoms with E-state index in [4.69, 9.17) is 0 Å². The van der Waals surface area contributed by atoms with Crippen LogP contribution in [0, 0.1) is 10.1 Å². The number of nitro benzene ring substituents is 1. The lowest BCUT2D eigenvalue weighted by Gasteiger charge is -2.17. The van der Waals surface area contributed by atoms with Crippen molar-refractivity contribution in [2.75, 3.05) is 7.05 Å². The van der Waals surface area contributed by atoms with Gasteiger partial charge in [0.05, 0.1) is 17.0 Å². The third-order valence-electron chi connectivity index (χ3n) is 3.08. The molecule has 1 N–H and O–H groups in total. The van der Waals surface area contributed by atoms with Gasteiger partial charge < -0.3 is 10.0 Å². The van der Waals surface area contributed by atoms with Gasteiger partial charge in [-0.15, -0.1) is 0 Å². The molecule has 0 radical (unpaired) electrons. The molecule has 0 atom stereocenters. The first-order valence-corrected chi connectivity index (χ1v) is 6.26. The Morgan fingerprint density at radius 2 is 1.81 bits per heavy atom. The molecule has 0 aliphatic carbocycles. The van der Waals surface area contributed by atoms with Crippen molar-refractivity contribution in [3.8, 4) is 5.75 Å². The molecule has 2 aromatic rings. The molecule has 6 nitrogen and oxygen atoms in total. The number of nitrogens with zero attached hydrogens (tertiary/aromatic N) is 2. The van der Waals surface area contributed by atoms with Gasteiger partial charge in [-0.3, -0.25) is 14.9 Å². The molecule has 0 heterocycles. The quantitative estimate of drug-likeness (QED) is 0.691. The molecule has 0 bridgehead atoms. The van der Waals surface area contributed by atoms with Crippen molar-refractivity contribution in [1.82, 2.24) is 4.90 Å². The van der Waals surface area contributed by atoms with Crippen LogP contribution >= 0.6 is 0 Å². The highest BCUT2D eigenvalue weighted by Gasteiger charge is 2.19. The summed E-state index contributed by atoms with van der Waals surface area (Å²) >= 11 is 0. The topological polar surface area (TPSA) is 83.7 Å². The fraction of sp³-hybridized carbons (Fsp3) is 0.133. The first-order valence-electron chi connectivity index (χ1n) is 6.26.